The number of amides is 1. The molecule has 0 fully saturated rings. The molecule has 0 bridgehead atoms. The van der Waals surface area contributed by atoms with Crippen molar-refractivity contribution < 1.29 is 19.2 Å². The number of thiophene rings is 1. The number of ether oxygens (including phenoxy) is 1. The maximum Gasteiger partial charge on any atom is 0.341 e. The fourth-order valence-electron chi connectivity index (χ4n) is 3.81. The van der Waals surface area contributed by atoms with Crippen LogP contribution in [0.2, 0.25) is 0 Å². The van der Waals surface area contributed by atoms with Gasteiger partial charge in [0.2, 0.25) is 0 Å². The summed E-state index contributed by atoms with van der Waals surface area (Å²) in [6.07, 6.45) is 7.49. The van der Waals surface area contributed by atoms with Gasteiger partial charge in [-0.25, -0.2) is 4.79 Å². The number of carbonyl (C=O) groups excluding carboxylic acids is 2. The van der Waals surface area contributed by atoms with E-state index in [9.17, 15) is 9.59 Å². The fourth-order valence-corrected chi connectivity index (χ4v) is 5.23. The molecule has 1 aromatic rings. The van der Waals surface area contributed by atoms with Crippen LogP contribution in [-0.2, 0) is 22.4 Å². The lowest BCUT2D eigenvalue weighted by Crippen LogP contribution is -3.13. The standard InChI is InChI=1S/C22H36N2O3S/c1-5-8-12-24(13-9-6-2)15-19(25)23-21-20(22(26)27-7-3)17-11-10-16(4)14-18(17)28-21/h16H,5-15H2,1-4H3,(H,23,25)/p+1/t16-/m0/s1. The number of unbranched alkanes of at least 4 members (excludes halogenated alkanes) is 2. The molecule has 28 heavy (non-hydrogen) atoms. The zero-order valence-electron chi connectivity index (χ0n) is 18.0. The smallest absolute Gasteiger partial charge is 0.341 e. The van der Waals surface area contributed by atoms with E-state index in [0.717, 1.165) is 63.6 Å². The van der Waals surface area contributed by atoms with Crippen LogP contribution in [0, 0.1) is 5.92 Å². The molecular weight excluding hydrogens is 372 g/mol. The zero-order chi connectivity index (χ0) is 20.5. The molecule has 0 aliphatic heterocycles. The van der Waals surface area contributed by atoms with Crippen LogP contribution in [-0.4, -0.2) is 38.1 Å². The summed E-state index contributed by atoms with van der Waals surface area (Å²) in [5.41, 5.74) is 1.70. The largest absolute Gasteiger partial charge is 0.462 e. The molecular formula is C22H37N2O3S+. The van der Waals surface area contributed by atoms with E-state index in [1.165, 1.54) is 9.78 Å². The molecule has 0 spiro atoms. The SMILES string of the molecule is CCCC[NH+](CCCC)CC(=O)Nc1sc2c(c1C(=O)OCC)CC[C@H](C)C2. The van der Waals surface area contributed by atoms with E-state index >= 15 is 0 Å². The number of nitrogens with one attached hydrogen (secondary N) is 2. The average molecular weight is 410 g/mol. The Balaban J connectivity index is 2.14. The highest BCUT2D eigenvalue weighted by atomic mass is 32.1. The number of anilines is 1. The Hall–Kier alpha value is -1.40. The number of fused-ring (bicyclic) bond motifs is 1. The van der Waals surface area contributed by atoms with E-state index in [0.29, 0.717) is 29.6 Å². The van der Waals surface area contributed by atoms with Crippen molar-refractivity contribution in [1.82, 2.24) is 0 Å². The molecule has 158 valence electrons. The second-order valence-corrected chi connectivity index (χ2v) is 9.06. The molecule has 1 atom stereocenters. The van der Waals surface area contributed by atoms with Crippen LogP contribution in [0.25, 0.3) is 0 Å². The Labute approximate surface area is 173 Å². The van der Waals surface area contributed by atoms with Gasteiger partial charge in [0.1, 0.15) is 5.00 Å². The minimum absolute atomic E-state index is 0.000556. The number of carbonyl (C=O) groups is 2. The van der Waals surface area contributed by atoms with Gasteiger partial charge in [0.05, 0.1) is 25.3 Å². The first-order chi connectivity index (χ1) is 13.5. The Morgan fingerprint density at radius 2 is 1.86 bits per heavy atom. The lowest BCUT2D eigenvalue weighted by atomic mass is 9.88. The minimum atomic E-state index is -0.300. The normalized spacial score (nSPS) is 16.1. The van der Waals surface area contributed by atoms with Gasteiger partial charge in [-0.3, -0.25) is 4.79 Å². The molecule has 1 aliphatic carbocycles. The summed E-state index contributed by atoms with van der Waals surface area (Å²) in [5, 5.41) is 3.75. The predicted octanol–water partition coefficient (Wildman–Crippen LogP) is 3.47. The van der Waals surface area contributed by atoms with E-state index < -0.39 is 0 Å². The van der Waals surface area contributed by atoms with Crippen LogP contribution < -0.4 is 10.2 Å². The van der Waals surface area contributed by atoms with Crippen molar-refractivity contribution in [2.45, 2.75) is 72.6 Å². The molecule has 0 radical (unpaired) electrons. The van der Waals surface area contributed by atoms with Crippen molar-refractivity contribution in [2.75, 3.05) is 31.6 Å². The first-order valence-corrected chi connectivity index (χ1v) is 11.8. The third kappa shape index (κ3) is 6.31. The van der Waals surface area contributed by atoms with E-state index in [1.54, 1.807) is 11.3 Å². The zero-order valence-corrected chi connectivity index (χ0v) is 18.8. The van der Waals surface area contributed by atoms with E-state index in [4.69, 9.17) is 4.74 Å². The molecule has 5 nitrogen and oxygen atoms in total. The number of esters is 1. The van der Waals surface area contributed by atoms with E-state index in [2.05, 4.69) is 26.1 Å². The molecule has 2 N–H and O–H groups in total. The topological polar surface area (TPSA) is 59.8 Å². The second-order valence-electron chi connectivity index (χ2n) is 7.96. The van der Waals surface area contributed by atoms with E-state index in [1.807, 2.05) is 6.92 Å². The minimum Gasteiger partial charge on any atom is -0.462 e. The fraction of sp³-hybridized carbons (Fsp3) is 0.727. The van der Waals surface area contributed by atoms with Crippen LogP contribution in [0.4, 0.5) is 5.00 Å². The molecule has 0 aromatic carbocycles. The number of hydrogen-bond acceptors (Lipinski definition) is 4. The molecule has 1 aliphatic rings. The number of quaternary nitrogens is 1. The summed E-state index contributed by atoms with van der Waals surface area (Å²) in [5.74, 6) is 0.318. The average Bonchev–Trinajstić information content (AvgIpc) is 3.00. The molecule has 1 amide bonds. The quantitative estimate of drug-likeness (QED) is 0.550. The summed E-state index contributed by atoms with van der Waals surface area (Å²) in [4.78, 5) is 27.9. The molecule has 1 heterocycles. The van der Waals surface area contributed by atoms with Crippen LogP contribution in [0.5, 0.6) is 0 Å². The molecule has 0 saturated carbocycles. The van der Waals surface area contributed by atoms with Crippen molar-refractivity contribution in [3.8, 4) is 0 Å². The van der Waals surface area contributed by atoms with Gasteiger partial charge in [-0.05, 0) is 50.5 Å². The van der Waals surface area contributed by atoms with Crippen LogP contribution in [0.3, 0.4) is 0 Å². The van der Waals surface area contributed by atoms with Crippen LogP contribution >= 0.6 is 11.3 Å². The third-order valence-corrected chi connectivity index (χ3v) is 6.59. The monoisotopic (exact) mass is 409 g/mol. The highest BCUT2D eigenvalue weighted by Gasteiger charge is 2.29. The summed E-state index contributed by atoms with van der Waals surface area (Å²) >= 11 is 1.57. The molecule has 0 unspecified atom stereocenters. The third-order valence-electron chi connectivity index (χ3n) is 5.42. The highest BCUT2D eigenvalue weighted by molar-refractivity contribution is 7.17. The Morgan fingerprint density at radius 3 is 2.46 bits per heavy atom. The van der Waals surface area contributed by atoms with Crippen molar-refractivity contribution in [3.63, 3.8) is 0 Å². The number of rotatable bonds is 11. The summed E-state index contributed by atoms with van der Waals surface area (Å²) in [6, 6.07) is 0. The highest BCUT2D eigenvalue weighted by Crippen LogP contribution is 2.40. The Kier molecular flexibility index (Phi) is 9.45. The molecule has 6 heteroatoms. The van der Waals surface area contributed by atoms with E-state index in [-0.39, 0.29) is 11.9 Å². The summed E-state index contributed by atoms with van der Waals surface area (Å²) < 4.78 is 5.30. The maximum absolute atomic E-state index is 12.8. The summed E-state index contributed by atoms with van der Waals surface area (Å²) in [7, 11) is 0. The van der Waals surface area contributed by atoms with Gasteiger partial charge in [-0.2, -0.15) is 0 Å². The predicted molar refractivity (Wildman–Crippen MR) is 115 cm³/mol. The lowest BCUT2D eigenvalue weighted by Gasteiger charge is -2.19. The van der Waals surface area contributed by atoms with Gasteiger partial charge < -0.3 is 15.0 Å². The first kappa shape index (κ1) is 22.9. The first-order valence-electron chi connectivity index (χ1n) is 10.9. The van der Waals surface area contributed by atoms with Gasteiger partial charge in [0.15, 0.2) is 6.54 Å². The number of hydrogen-bond donors (Lipinski definition) is 2. The molecule has 1 aromatic heterocycles. The second kappa shape index (κ2) is 11.6. The summed E-state index contributed by atoms with van der Waals surface area (Å²) in [6.45, 7) is 11.3. The van der Waals surface area contributed by atoms with Gasteiger partial charge in [0.25, 0.3) is 5.91 Å². The Morgan fingerprint density at radius 1 is 1.18 bits per heavy atom. The lowest BCUT2D eigenvalue weighted by molar-refractivity contribution is -0.892. The van der Waals surface area contributed by atoms with Gasteiger partial charge >= 0.3 is 5.97 Å². The van der Waals surface area contributed by atoms with Gasteiger partial charge in [-0.15, -0.1) is 11.3 Å². The van der Waals surface area contributed by atoms with Gasteiger partial charge in [0, 0.05) is 4.88 Å². The van der Waals surface area contributed by atoms with Crippen molar-refractivity contribution in [1.29, 1.82) is 0 Å². The van der Waals surface area contributed by atoms with Gasteiger partial charge in [-0.1, -0.05) is 33.6 Å². The maximum atomic E-state index is 12.8. The molecule has 0 saturated heterocycles. The van der Waals surface area contributed by atoms with Crippen molar-refractivity contribution in [2.24, 2.45) is 5.92 Å². The Bertz CT molecular complexity index is 648. The van der Waals surface area contributed by atoms with Crippen LogP contribution in [0.15, 0.2) is 0 Å². The van der Waals surface area contributed by atoms with Crippen molar-refractivity contribution >= 4 is 28.2 Å². The molecule has 2 rings (SSSR count). The van der Waals surface area contributed by atoms with Crippen LogP contribution in [0.1, 0.15) is 80.6 Å². The van der Waals surface area contributed by atoms with Crippen molar-refractivity contribution in [3.05, 3.63) is 16.0 Å².